The molecule has 1 amide bonds. The normalized spacial score (nSPS) is 11.3. The van der Waals surface area contributed by atoms with Gasteiger partial charge in [0.2, 0.25) is 0 Å². The van der Waals surface area contributed by atoms with Crippen LogP contribution in [0.5, 0.6) is 0 Å². The first-order chi connectivity index (χ1) is 9.85. The lowest BCUT2D eigenvalue weighted by molar-refractivity contribution is -0.136. The van der Waals surface area contributed by atoms with Crippen molar-refractivity contribution in [2.24, 2.45) is 0 Å². The van der Waals surface area contributed by atoms with Gasteiger partial charge in [-0.05, 0) is 25.1 Å². The highest BCUT2D eigenvalue weighted by Gasteiger charge is 2.34. The van der Waals surface area contributed by atoms with Gasteiger partial charge in [-0.1, -0.05) is 0 Å². The van der Waals surface area contributed by atoms with E-state index in [9.17, 15) is 18.0 Å². The largest absolute Gasteiger partial charge is 0.418 e. The minimum atomic E-state index is -4.52. The van der Waals surface area contributed by atoms with Gasteiger partial charge in [-0.3, -0.25) is 4.79 Å². The number of hydrogen-bond acceptors (Lipinski definition) is 3. The van der Waals surface area contributed by atoms with Crippen molar-refractivity contribution < 1.29 is 22.7 Å². The van der Waals surface area contributed by atoms with Gasteiger partial charge in [0.05, 0.1) is 12.2 Å². The lowest BCUT2D eigenvalue weighted by Gasteiger charge is -2.21. The molecule has 0 bridgehead atoms. The molecular weight excluding hydrogens is 285 g/mol. The van der Waals surface area contributed by atoms with Crippen LogP contribution >= 0.6 is 0 Å². The Bertz CT molecular complexity index is 490. The number of benzene rings is 1. The highest BCUT2D eigenvalue weighted by molar-refractivity contribution is 5.95. The van der Waals surface area contributed by atoms with Gasteiger partial charge in [0.25, 0.3) is 5.91 Å². The Morgan fingerprint density at radius 3 is 2.52 bits per heavy atom. The number of carbonyl (C=O) groups is 1. The van der Waals surface area contributed by atoms with Crippen molar-refractivity contribution in [2.75, 3.05) is 39.2 Å². The molecule has 0 unspecified atom stereocenters. The molecule has 1 aromatic rings. The fourth-order valence-electron chi connectivity index (χ4n) is 1.92. The minimum Gasteiger partial charge on any atom is -0.388 e. The molecule has 1 rings (SSSR count). The number of carbonyl (C=O) groups excluding carboxylic acids is 1. The third kappa shape index (κ3) is 4.35. The Morgan fingerprint density at radius 1 is 1.38 bits per heavy atom. The molecule has 0 spiro atoms. The Labute approximate surface area is 121 Å². The van der Waals surface area contributed by atoms with Crippen molar-refractivity contribution >= 4 is 11.6 Å². The van der Waals surface area contributed by atoms with E-state index in [4.69, 9.17) is 4.74 Å². The molecule has 0 fully saturated rings. The summed E-state index contributed by atoms with van der Waals surface area (Å²) in [5, 5.41) is 2.48. The standard InChI is InChI=1S/C14H19F3N2O2/c1-4-19(7-8-21-3)13(20)10-5-6-12(18-2)11(9-10)14(15,16)17/h5-6,9,18H,4,7-8H2,1-3H3. The molecule has 0 saturated carbocycles. The van der Waals surface area contributed by atoms with Crippen molar-refractivity contribution in [3.05, 3.63) is 29.3 Å². The summed E-state index contributed by atoms with van der Waals surface area (Å²) in [4.78, 5) is 13.7. The highest BCUT2D eigenvalue weighted by atomic mass is 19.4. The van der Waals surface area contributed by atoms with Gasteiger partial charge < -0.3 is 15.0 Å². The van der Waals surface area contributed by atoms with Crippen molar-refractivity contribution in [2.45, 2.75) is 13.1 Å². The van der Waals surface area contributed by atoms with Gasteiger partial charge in [-0.25, -0.2) is 0 Å². The maximum Gasteiger partial charge on any atom is 0.418 e. The summed E-state index contributed by atoms with van der Waals surface area (Å²) in [6, 6.07) is 3.53. The van der Waals surface area contributed by atoms with Crippen LogP contribution in [0.3, 0.4) is 0 Å². The van der Waals surface area contributed by atoms with Crippen molar-refractivity contribution in [1.82, 2.24) is 4.90 Å². The maximum absolute atomic E-state index is 13.0. The SMILES string of the molecule is CCN(CCOC)C(=O)c1ccc(NC)c(C(F)(F)F)c1. The van der Waals surface area contributed by atoms with Gasteiger partial charge in [-0.15, -0.1) is 0 Å². The molecule has 1 N–H and O–H groups in total. The van der Waals surface area contributed by atoms with Crippen LogP contribution in [0.15, 0.2) is 18.2 Å². The molecule has 0 heterocycles. The quantitative estimate of drug-likeness (QED) is 0.878. The van der Waals surface area contributed by atoms with Crippen molar-refractivity contribution in [1.29, 1.82) is 0 Å². The molecule has 0 saturated heterocycles. The third-order valence-corrected chi connectivity index (χ3v) is 3.08. The van der Waals surface area contributed by atoms with Crippen molar-refractivity contribution in [3.8, 4) is 0 Å². The van der Waals surface area contributed by atoms with E-state index < -0.39 is 17.6 Å². The number of anilines is 1. The monoisotopic (exact) mass is 304 g/mol. The number of ether oxygens (including phenoxy) is 1. The van der Waals surface area contributed by atoms with Gasteiger partial charge in [0.1, 0.15) is 0 Å². The Hall–Kier alpha value is -1.76. The van der Waals surface area contributed by atoms with Crippen LogP contribution in [-0.2, 0) is 10.9 Å². The Kier molecular flexibility index (Phi) is 6.02. The average Bonchev–Trinajstić information content (AvgIpc) is 2.46. The molecule has 0 atom stereocenters. The van der Waals surface area contributed by atoms with Crippen LogP contribution in [0.1, 0.15) is 22.8 Å². The van der Waals surface area contributed by atoms with Crippen LogP contribution in [0, 0.1) is 0 Å². The fraction of sp³-hybridized carbons (Fsp3) is 0.500. The van der Waals surface area contributed by atoms with Crippen LogP contribution < -0.4 is 5.32 Å². The molecule has 4 nitrogen and oxygen atoms in total. The van der Waals surface area contributed by atoms with E-state index in [0.29, 0.717) is 19.7 Å². The van der Waals surface area contributed by atoms with Crippen LogP contribution in [0.4, 0.5) is 18.9 Å². The minimum absolute atomic E-state index is 0.0132. The van der Waals surface area contributed by atoms with Crippen LogP contribution in [-0.4, -0.2) is 44.7 Å². The molecule has 118 valence electrons. The molecule has 7 heteroatoms. The lowest BCUT2D eigenvalue weighted by atomic mass is 10.1. The number of hydrogen-bond donors (Lipinski definition) is 1. The zero-order valence-electron chi connectivity index (χ0n) is 12.3. The third-order valence-electron chi connectivity index (χ3n) is 3.08. The average molecular weight is 304 g/mol. The molecule has 0 aliphatic rings. The summed E-state index contributed by atoms with van der Waals surface area (Å²) in [7, 11) is 2.91. The number of methoxy groups -OCH3 is 1. The highest BCUT2D eigenvalue weighted by Crippen LogP contribution is 2.35. The van der Waals surface area contributed by atoms with Gasteiger partial charge in [0, 0.05) is 38.5 Å². The number of amides is 1. The van der Waals surface area contributed by atoms with E-state index in [1.165, 1.54) is 31.2 Å². The van der Waals surface area contributed by atoms with E-state index in [0.717, 1.165) is 6.07 Å². The summed E-state index contributed by atoms with van der Waals surface area (Å²) >= 11 is 0. The second kappa shape index (κ2) is 7.31. The number of rotatable bonds is 6. The first-order valence-corrected chi connectivity index (χ1v) is 6.52. The molecule has 0 radical (unpaired) electrons. The van der Waals surface area contributed by atoms with E-state index in [1.54, 1.807) is 6.92 Å². The second-order valence-corrected chi connectivity index (χ2v) is 4.39. The number of likely N-dealkylation sites (N-methyl/N-ethyl adjacent to an activating group) is 1. The summed E-state index contributed by atoms with van der Waals surface area (Å²) in [5.41, 5.74) is -0.892. The summed E-state index contributed by atoms with van der Waals surface area (Å²) < 4.78 is 43.8. The Balaban J connectivity index is 3.10. The number of alkyl halides is 3. The van der Waals surface area contributed by atoms with Gasteiger partial charge >= 0.3 is 6.18 Å². The van der Waals surface area contributed by atoms with Gasteiger partial charge in [0.15, 0.2) is 0 Å². The summed E-state index contributed by atoms with van der Waals surface area (Å²) in [6.07, 6.45) is -4.52. The predicted octanol–water partition coefficient (Wildman–Crippen LogP) is 2.86. The zero-order chi connectivity index (χ0) is 16.0. The molecule has 0 aliphatic heterocycles. The van der Waals surface area contributed by atoms with Crippen LogP contribution in [0.2, 0.25) is 0 Å². The first-order valence-electron chi connectivity index (χ1n) is 6.52. The predicted molar refractivity (Wildman–Crippen MR) is 74.4 cm³/mol. The number of halogens is 3. The molecule has 1 aromatic carbocycles. The lowest BCUT2D eigenvalue weighted by Crippen LogP contribution is -2.33. The Morgan fingerprint density at radius 2 is 2.05 bits per heavy atom. The van der Waals surface area contributed by atoms with E-state index in [-0.39, 0.29) is 11.3 Å². The maximum atomic E-state index is 13.0. The van der Waals surface area contributed by atoms with E-state index >= 15 is 0 Å². The number of nitrogens with zero attached hydrogens (tertiary/aromatic N) is 1. The van der Waals surface area contributed by atoms with E-state index in [1.807, 2.05) is 0 Å². The van der Waals surface area contributed by atoms with E-state index in [2.05, 4.69) is 5.32 Å². The van der Waals surface area contributed by atoms with Crippen LogP contribution in [0.25, 0.3) is 0 Å². The van der Waals surface area contributed by atoms with Gasteiger partial charge in [-0.2, -0.15) is 13.2 Å². The zero-order valence-corrected chi connectivity index (χ0v) is 12.3. The molecule has 0 aliphatic carbocycles. The van der Waals surface area contributed by atoms with Crippen molar-refractivity contribution in [3.63, 3.8) is 0 Å². The summed E-state index contributed by atoms with van der Waals surface area (Å²) in [6.45, 7) is 2.83. The fourth-order valence-corrected chi connectivity index (χ4v) is 1.92. The smallest absolute Gasteiger partial charge is 0.388 e. The number of nitrogens with one attached hydrogen (secondary N) is 1. The first kappa shape index (κ1) is 17.3. The second-order valence-electron chi connectivity index (χ2n) is 4.39. The summed E-state index contributed by atoms with van der Waals surface area (Å²) in [5.74, 6) is -0.442. The molecule has 21 heavy (non-hydrogen) atoms. The molecule has 0 aromatic heterocycles. The molecular formula is C14H19F3N2O2. The topological polar surface area (TPSA) is 41.6 Å².